The quantitative estimate of drug-likeness (QED) is 0.773. The Labute approximate surface area is 148 Å². The molecule has 2 rings (SSSR count). The van der Waals surface area contributed by atoms with Gasteiger partial charge < -0.3 is 19.9 Å². The highest BCUT2D eigenvalue weighted by Gasteiger charge is 2.13. The van der Waals surface area contributed by atoms with Crippen molar-refractivity contribution in [1.82, 2.24) is 5.32 Å². The summed E-state index contributed by atoms with van der Waals surface area (Å²) in [5.41, 5.74) is 2.99. The number of carbonyl (C=O) groups is 1. The molecule has 0 aromatic heterocycles. The molecular formula is C20H25NO4. The van der Waals surface area contributed by atoms with E-state index in [4.69, 9.17) is 9.47 Å². The van der Waals surface area contributed by atoms with Crippen molar-refractivity contribution in [2.75, 3.05) is 20.8 Å². The van der Waals surface area contributed by atoms with E-state index in [9.17, 15) is 9.90 Å². The van der Waals surface area contributed by atoms with Gasteiger partial charge in [-0.1, -0.05) is 35.9 Å². The third-order valence-corrected chi connectivity index (χ3v) is 4.05. The number of amides is 1. The van der Waals surface area contributed by atoms with Gasteiger partial charge in [0.05, 0.1) is 20.3 Å². The van der Waals surface area contributed by atoms with Crippen molar-refractivity contribution < 1.29 is 19.4 Å². The van der Waals surface area contributed by atoms with Crippen molar-refractivity contribution in [3.05, 3.63) is 59.2 Å². The van der Waals surface area contributed by atoms with Crippen molar-refractivity contribution in [3.63, 3.8) is 0 Å². The highest BCUT2D eigenvalue weighted by atomic mass is 16.5. The lowest BCUT2D eigenvalue weighted by Gasteiger charge is -2.15. The lowest BCUT2D eigenvalue weighted by Crippen LogP contribution is -2.28. The van der Waals surface area contributed by atoms with Crippen molar-refractivity contribution >= 4 is 5.91 Å². The van der Waals surface area contributed by atoms with Crippen LogP contribution >= 0.6 is 0 Å². The van der Waals surface area contributed by atoms with Gasteiger partial charge in [0.15, 0.2) is 11.5 Å². The largest absolute Gasteiger partial charge is 0.493 e. The molecule has 25 heavy (non-hydrogen) atoms. The number of rotatable bonds is 8. The first-order valence-corrected chi connectivity index (χ1v) is 8.25. The van der Waals surface area contributed by atoms with E-state index >= 15 is 0 Å². The van der Waals surface area contributed by atoms with Crippen LogP contribution in [0.1, 0.15) is 29.2 Å². The number of nitrogens with one attached hydrogen (secondary N) is 1. The summed E-state index contributed by atoms with van der Waals surface area (Å²) in [6.45, 7) is 2.19. The summed E-state index contributed by atoms with van der Waals surface area (Å²) >= 11 is 0. The minimum Gasteiger partial charge on any atom is -0.493 e. The number of carbonyl (C=O) groups excluding carboxylic acids is 1. The van der Waals surface area contributed by atoms with E-state index in [-0.39, 0.29) is 12.5 Å². The summed E-state index contributed by atoms with van der Waals surface area (Å²) < 4.78 is 10.4. The Bertz CT molecular complexity index is 697. The Hall–Kier alpha value is -2.53. The minimum atomic E-state index is -0.803. The average molecular weight is 343 g/mol. The topological polar surface area (TPSA) is 67.8 Å². The fourth-order valence-corrected chi connectivity index (χ4v) is 2.49. The molecule has 0 saturated heterocycles. The van der Waals surface area contributed by atoms with E-state index in [0.717, 1.165) is 5.56 Å². The van der Waals surface area contributed by atoms with Gasteiger partial charge in [-0.3, -0.25) is 4.79 Å². The highest BCUT2D eigenvalue weighted by molar-refractivity contribution is 5.76. The predicted octanol–water partition coefficient (Wildman–Crippen LogP) is 2.79. The van der Waals surface area contributed by atoms with Crippen molar-refractivity contribution in [2.45, 2.75) is 25.9 Å². The lowest BCUT2D eigenvalue weighted by atomic mass is 10.1. The lowest BCUT2D eigenvalue weighted by molar-refractivity contribution is -0.121. The minimum absolute atomic E-state index is 0.0832. The number of benzene rings is 2. The maximum Gasteiger partial charge on any atom is 0.220 e. The molecule has 0 bridgehead atoms. The molecule has 0 aliphatic rings. The van der Waals surface area contributed by atoms with Crippen LogP contribution < -0.4 is 14.8 Å². The monoisotopic (exact) mass is 343 g/mol. The normalized spacial score (nSPS) is 11.7. The maximum absolute atomic E-state index is 12.0. The summed E-state index contributed by atoms with van der Waals surface area (Å²) in [5, 5.41) is 13.0. The van der Waals surface area contributed by atoms with E-state index < -0.39 is 6.10 Å². The summed E-state index contributed by atoms with van der Waals surface area (Å²) in [7, 11) is 3.10. The van der Waals surface area contributed by atoms with Gasteiger partial charge in [0.25, 0.3) is 0 Å². The Morgan fingerprint density at radius 3 is 2.40 bits per heavy atom. The molecular weight excluding hydrogens is 318 g/mol. The van der Waals surface area contributed by atoms with Crippen molar-refractivity contribution in [2.24, 2.45) is 0 Å². The van der Waals surface area contributed by atoms with Crippen LogP contribution in [0.2, 0.25) is 0 Å². The van der Waals surface area contributed by atoms with Gasteiger partial charge in [-0.05, 0) is 36.6 Å². The molecule has 0 aliphatic carbocycles. The summed E-state index contributed by atoms with van der Waals surface area (Å²) in [6.07, 6.45) is 0.267. The molecule has 1 atom stereocenters. The van der Waals surface area contributed by atoms with E-state index in [1.165, 1.54) is 5.56 Å². The Morgan fingerprint density at radius 1 is 1.08 bits per heavy atom. The molecule has 0 spiro atoms. The molecule has 2 N–H and O–H groups in total. The Morgan fingerprint density at radius 2 is 1.76 bits per heavy atom. The summed E-state index contributed by atoms with van der Waals surface area (Å²) in [5.74, 6) is 1.06. The van der Waals surface area contributed by atoms with Crippen LogP contribution in [0.5, 0.6) is 11.5 Å². The molecule has 1 amide bonds. The molecule has 5 heteroatoms. The van der Waals surface area contributed by atoms with E-state index in [1.807, 2.05) is 31.2 Å². The molecule has 0 saturated carbocycles. The second kappa shape index (κ2) is 9.08. The molecule has 134 valence electrons. The molecule has 0 heterocycles. The summed E-state index contributed by atoms with van der Waals surface area (Å²) in [6, 6.07) is 13.3. The van der Waals surface area contributed by atoms with E-state index in [1.54, 1.807) is 32.4 Å². The van der Waals surface area contributed by atoms with Gasteiger partial charge >= 0.3 is 0 Å². The van der Waals surface area contributed by atoms with Gasteiger partial charge in [-0.25, -0.2) is 0 Å². The molecule has 1 unspecified atom stereocenters. The number of aliphatic hydroxyl groups is 1. The standard InChI is InChI=1S/C20H25NO4/c1-14-4-6-15(7-5-14)8-11-20(23)21-13-17(22)16-9-10-18(24-2)19(12-16)25-3/h4-7,9-10,12,17,22H,8,11,13H2,1-3H3,(H,21,23). The van der Waals surface area contributed by atoms with Crippen LogP contribution in [0.25, 0.3) is 0 Å². The zero-order valence-corrected chi connectivity index (χ0v) is 14.9. The second-order valence-corrected chi connectivity index (χ2v) is 5.92. The van der Waals surface area contributed by atoms with Crippen LogP contribution in [-0.2, 0) is 11.2 Å². The molecule has 2 aromatic carbocycles. The van der Waals surface area contributed by atoms with Crippen LogP contribution in [-0.4, -0.2) is 31.8 Å². The van der Waals surface area contributed by atoms with Gasteiger partial charge in [-0.2, -0.15) is 0 Å². The zero-order valence-electron chi connectivity index (χ0n) is 14.9. The molecule has 0 fully saturated rings. The second-order valence-electron chi connectivity index (χ2n) is 5.92. The molecule has 5 nitrogen and oxygen atoms in total. The Balaban J connectivity index is 1.83. The number of aliphatic hydroxyl groups excluding tert-OH is 1. The number of aryl methyl sites for hydroxylation is 2. The van der Waals surface area contributed by atoms with Gasteiger partial charge in [-0.15, -0.1) is 0 Å². The SMILES string of the molecule is COc1ccc(C(O)CNC(=O)CCc2ccc(C)cc2)cc1OC. The summed E-state index contributed by atoms with van der Waals surface area (Å²) in [4.78, 5) is 12.0. The number of ether oxygens (including phenoxy) is 2. The van der Waals surface area contributed by atoms with Crippen LogP contribution in [0.3, 0.4) is 0 Å². The third-order valence-electron chi connectivity index (χ3n) is 4.05. The van der Waals surface area contributed by atoms with E-state index in [2.05, 4.69) is 5.32 Å². The zero-order chi connectivity index (χ0) is 18.2. The van der Waals surface area contributed by atoms with E-state index in [0.29, 0.717) is 29.9 Å². The molecule has 2 aromatic rings. The maximum atomic E-state index is 12.0. The number of hydrogen-bond acceptors (Lipinski definition) is 4. The van der Waals surface area contributed by atoms with Crippen LogP contribution in [0.4, 0.5) is 0 Å². The van der Waals surface area contributed by atoms with Crippen molar-refractivity contribution in [3.8, 4) is 11.5 Å². The van der Waals surface area contributed by atoms with Crippen LogP contribution in [0, 0.1) is 6.92 Å². The smallest absolute Gasteiger partial charge is 0.220 e. The number of methoxy groups -OCH3 is 2. The third kappa shape index (κ3) is 5.50. The first kappa shape index (κ1) is 18.8. The first-order valence-electron chi connectivity index (χ1n) is 8.25. The van der Waals surface area contributed by atoms with Crippen molar-refractivity contribution in [1.29, 1.82) is 0 Å². The van der Waals surface area contributed by atoms with Crippen LogP contribution in [0.15, 0.2) is 42.5 Å². The molecule has 0 aliphatic heterocycles. The average Bonchev–Trinajstić information content (AvgIpc) is 2.64. The predicted molar refractivity (Wildman–Crippen MR) is 97.0 cm³/mol. The molecule has 0 radical (unpaired) electrons. The van der Waals surface area contributed by atoms with Gasteiger partial charge in [0.2, 0.25) is 5.91 Å². The highest BCUT2D eigenvalue weighted by Crippen LogP contribution is 2.29. The first-order chi connectivity index (χ1) is 12.0. The Kier molecular flexibility index (Phi) is 6.83. The number of hydrogen-bond donors (Lipinski definition) is 2. The van der Waals surface area contributed by atoms with Gasteiger partial charge in [0.1, 0.15) is 0 Å². The fourth-order valence-electron chi connectivity index (χ4n) is 2.49. The fraction of sp³-hybridized carbons (Fsp3) is 0.350. The van der Waals surface area contributed by atoms with Gasteiger partial charge in [0, 0.05) is 13.0 Å².